The molecule has 0 radical (unpaired) electrons. The van der Waals surface area contributed by atoms with Crippen molar-refractivity contribution in [2.24, 2.45) is 0 Å². The van der Waals surface area contributed by atoms with Gasteiger partial charge in [-0.25, -0.2) is 0 Å². The molecule has 0 saturated carbocycles. The molecule has 0 saturated heterocycles. The van der Waals surface area contributed by atoms with Gasteiger partial charge in [-0.3, -0.25) is 4.79 Å². The van der Waals surface area contributed by atoms with E-state index in [1.807, 2.05) is 38.1 Å². The fourth-order valence-corrected chi connectivity index (χ4v) is 2.34. The first kappa shape index (κ1) is 15.7. The molecule has 0 aliphatic rings. The van der Waals surface area contributed by atoms with Crippen LogP contribution in [0.15, 0.2) is 24.3 Å². The van der Waals surface area contributed by atoms with Gasteiger partial charge in [-0.2, -0.15) is 0 Å². The molecule has 0 aromatic heterocycles. The summed E-state index contributed by atoms with van der Waals surface area (Å²) in [5.74, 6) is -0.193. The molecular weight excluding hydrogens is 240 g/mol. The molecule has 1 rings (SSSR count). The van der Waals surface area contributed by atoms with Crippen molar-refractivity contribution in [2.45, 2.75) is 44.9 Å². The summed E-state index contributed by atoms with van der Waals surface area (Å²) < 4.78 is 4.98. The monoisotopic (exact) mass is 264 g/mol. The predicted octanol–water partition coefficient (Wildman–Crippen LogP) is 2.98. The van der Waals surface area contributed by atoms with E-state index in [1.165, 1.54) is 7.11 Å². The van der Waals surface area contributed by atoms with Crippen LogP contribution in [0.4, 0.5) is 0 Å². The fourth-order valence-electron chi connectivity index (χ4n) is 2.34. The largest absolute Gasteiger partial charge is 0.468 e. The van der Waals surface area contributed by atoms with Crippen molar-refractivity contribution >= 4 is 5.97 Å². The Balaban J connectivity index is 2.89. The maximum absolute atomic E-state index is 12.1. The lowest BCUT2D eigenvalue weighted by atomic mass is 9.77. The van der Waals surface area contributed by atoms with Crippen molar-refractivity contribution in [1.82, 2.24) is 0 Å². The number of aliphatic hydroxyl groups is 1. The van der Waals surface area contributed by atoms with Crippen LogP contribution >= 0.6 is 0 Å². The Morgan fingerprint density at radius 2 is 2.05 bits per heavy atom. The average molecular weight is 264 g/mol. The first-order valence-electron chi connectivity index (χ1n) is 6.81. The second-order valence-electron chi connectivity index (χ2n) is 5.23. The van der Waals surface area contributed by atoms with Gasteiger partial charge in [0, 0.05) is 6.61 Å². The van der Waals surface area contributed by atoms with E-state index in [0.717, 1.165) is 36.8 Å². The number of carbonyl (C=O) groups excluding carboxylic acids is 1. The van der Waals surface area contributed by atoms with Crippen LogP contribution in [0.2, 0.25) is 0 Å². The lowest BCUT2D eigenvalue weighted by molar-refractivity contribution is -0.147. The Bertz CT molecular complexity index is 414. The Morgan fingerprint density at radius 3 is 2.63 bits per heavy atom. The molecule has 0 spiro atoms. The van der Waals surface area contributed by atoms with E-state index in [4.69, 9.17) is 9.84 Å². The van der Waals surface area contributed by atoms with Crippen LogP contribution < -0.4 is 0 Å². The van der Waals surface area contributed by atoms with Gasteiger partial charge in [0.05, 0.1) is 12.5 Å². The van der Waals surface area contributed by atoms with Gasteiger partial charge >= 0.3 is 5.97 Å². The number of ether oxygens (including phenoxy) is 1. The molecule has 1 unspecified atom stereocenters. The molecule has 0 fully saturated rings. The van der Waals surface area contributed by atoms with Gasteiger partial charge in [0.1, 0.15) is 0 Å². The molecule has 19 heavy (non-hydrogen) atoms. The number of methoxy groups -OCH3 is 1. The van der Waals surface area contributed by atoms with Gasteiger partial charge in [0.2, 0.25) is 0 Å². The summed E-state index contributed by atoms with van der Waals surface area (Å²) in [6.07, 6.45) is 3.35. The van der Waals surface area contributed by atoms with E-state index < -0.39 is 5.41 Å². The summed E-state index contributed by atoms with van der Waals surface area (Å²) >= 11 is 0. The Labute approximate surface area is 115 Å². The van der Waals surface area contributed by atoms with Crippen molar-refractivity contribution in [1.29, 1.82) is 0 Å². The molecule has 3 nitrogen and oxygen atoms in total. The quantitative estimate of drug-likeness (QED) is 0.608. The first-order chi connectivity index (χ1) is 9.04. The van der Waals surface area contributed by atoms with Crippen LogP contribution in [-0.4, -0.2) is 24.8 Å². The molecule has 0 aliphatic heterocycles. The third kappa shape index (κ3) is 4.06. The maximum atomic E-state index is 12.1. The Kier molecular flexibility index (Phi) is 6.03. The lowest BCUT2D eigenvalue weighted by Gasteiger charge is -2.27. The molecular formula is C16H24O3. The molecule has 0 heterocycles. The average Bonchev–Trinajstić information content (AvgIpc) is 2.42. The zero-order valence-electron chi connectivity index (χ0n) is 12.1. The number of rotatable bonds is 7. The topological polar surface area (TPSA) is 46.5 Å². The highest BCUT2D eigenvalue weighted by Crippen LogP contribution is 2.31. The first-order valence-corrected chi connectivity index (χ1v) is 6.81. The van der Waals surface area contributed by atoms with Crippen LogP contribution in [0.25, 0.3) is 0 Å². The minimum Gasteiger partial charge on any atom is -0.468 e. The number of aryl methyl sites for hydroxylation is 1. The van der Waals surface area contributed by atoms with Crippen LogP contribution in [0.5, 0.6) is 0 Å². The molecule has 1 N–H and O–H groups in total. The van der Waals surface area contributed by atoms with Crippen molar-refractivity contribution in [3.8, 4) is 0 Å². The Morgan fingerprint density at radius 1 is 1.32 bits per heavy atom. The maximum Gasteiger partial charge on any atom is 0.315 e. The van der Waals surface area contributed by atoms with Gasteiger partial charge in [-0.1, -0.05) is 42.7 Å². The standard InChI is InChI=1S/C16H24O3/c1-13-8-7-9-14(12-13)16(2,15(18)19-3)10-5-4-6-11-17/h7-9,12,17H,4-6,10-11H2,1-3H3. The molecule has 106 valence electrons. The van der Waals surface area contributed by atoms with Crippen LogP contribution in [0.3, 0.4) is 0 Å². The molecule has 0 bridgehead atoms. The van der Waals surface area contributed by atoms with Gasteiger partial charge in [-0.15, -0.1) is 0 Å². The van der Waals surface area contributed by atoms with Crippen LogP contribution in [-0.2, 0) is 14.9 Å². The number of aliphatic hydroxyl groups excluding tert-OH is 1. The van der Waals surface area contributed by atoms with E-state index >= 15 is 0 Å². The molecule has 0 amide bonds. The number of unbranched alkanes of at least 4 members (excludes halogenated alkanes) is 2. The van der Waals surface area contributed by atoms with E-state index in [2.05, 4.69) is 0 Å². The summed E-state index contributed by atoms with van der Waals surface area (Å²) in [4.78, 5) is 12.1. The number of carbonyl (C=O) groups is 1. The van der Waals surface area contributed by atoms with Gasteiger partial charge in [-0.05, 0) is 32.3 Å². The lowest BCUT2D eigenvalue weighted by Crippen LogP contribution is -2.33. The second kappa shape index (κ2) is 7.29. The second-order valence-corrected chi connectivity index (χ2v) is 5.23. The third-order valence-corrected chi connectivity index (χ3v) is 3.63. The zero-order valence-corrected chi connectivity index (χ0v) is 12.1. The number of hydrogen-bond acceptors (Lipinski definition) is 3. The predicted molar refractivity (Wildman–Crippen MR) is 76.1 cm³/mol. The fraction of sp³-hybridized carbons (Fsp3) is 0.562. The minimum absolute atomic E-state index is 0.193. The summed E-state index contributed by atoms with van der Waals surface area (Å²) in [5.41, 5.74) is 1.54. The zero-order chi connectivity index (χ0) is 14.3. The third-order valence-electron chi connectivity index (χ3n) is 3.63. The van der Waals surface area contributed by atoms with Gasteiger partial charge in [0.25, 0.3) is 0 Å². The summed E-state index contributed by atoms with van der Waals surface area (Å²) in [5, 5.41) is 8.81. The van der Waals surface area contributed by atoms with E-state index in [0.29, 0.717) is 0 Å². The molecule has 1 aromatic carbocycles. The Hall–Kier alpha value is -1.35. The number of esters is 1. The normalized spacial score (nSPS) is 13.9. The van der Waals surface area contributed by atoms with E-state index in [1.54, 1.807) is 0 Å². The SMILES string of the molecule is COC(=O)C(C)(CCCCCO)c1cccc(C)c1. The molecule has 3 heteroatoms. The van der Waals surface area contributed by atoms with Gasteiger partial charge in [0.15, 0.2) is 0 Å². The summed E-state index contributed by atoms with van der Waals surface area (Å²) in [6, 6.07) is 8.02. The van der Waals surface area contributed by atoms with Crippen molar-refractivity contribution in [2.75, 3.05) is 13.7 Å². The van der Waals surface area contributed by atoms with Gasteiger partial charge < -0.3 is 9.84 Å². The molecule has 1 aromatic rings. The minimum atomic E-state index is -0.601. The highest BCUT2D eigenvalue weighted by Gasteiger charge is 2.35. The highest BCUT2D eigenvalue weighted by molar-refractivity contribution is 5.82. The van der Waals surface area contributed by atoms with Crippen molar-refractivity contribution in [3.63, 3.8) is 0 Å². The number of benzene rings is 1. The van der Waals surface area contributed by atoms with E-state index in [9.17, 15) is 4.79 Å². The van der Waals surface area contributed by atoms with Crippen molar-refractivity contribution in [3.05, 3.63) is 35.4 Å². The van der Waals surface area contributed by atoms with Crippen molar-refractivity contribution < 1.29 is 14.6 Å². The summed E-state index contributed by atoms with van der Waals surface area (Å²) in [6.45, 7) is 4.17. The van der Waals surface area contributed by atoms with Crippen LogP contribution in [0, 0.1) is 6.92 Å². The molecule has 1 atom stereocenters. The molecule has 0 aliphatic carbocycles. The highest BCUT2D eigenvalue weighted by atomic mass is 16.5. The smallest absolute Gasteiger partial charge is 0.315 e. The van der Waals surface area contributed by atoms with E-state index in [-0.39, 0.29) is 12.6 Å². The summed E-state index contributed by atoms with van der Waals surface area (Å²) in [7, 11) is 1.43. The number of hydrogen-bond donors (Lipinski definition) is 1. The van der Waals surface area contributed by atoms with Crippen LogP contribution in [0.1, 0.15) is 43.7 Å².